The van der Waals surface area contributed by atoms with Gasteiger partial charge in [-0.2, -0.15) is 4.98 Å². The normalized spacial score (nSPS) is 18.8. The van der Waals surface area contributed by atoms with E-state index in [9.17, 15) is 4.79 Å². The number of nitrogens with zero attached hydrogens (tertiary/aromatic N) is 3. The minimum atomic E-state index is -0.394. The Morgan fingerprint density at radius 3 is 2.71 bits per heavy atom. The molecule has 0 spiro atoms. The van der Waals surface area contributed by atoms with E-state index < -0.39 is 6.04 Å². The summed E-state index contributed by atoms with van der Waals surface area (Å²) >= 11 is 7.61. The number of aromatic nitrogens is 3. The number of Topliss-reactive ketones (excluding diaryl/α,β-unsaturated/α-hetero) is 1. The predicted octanol–water partition coefficient (Wildman–Crippen LogP) is 6.28. The summed E-state index contributed by atoms with van der Waals surface area (Å²) in [5.41, 5.74) is 3.50. The molecule has 2 aliphatic rings. The molecular weight excluding hydrogens is 468 g/mol. The SMILES string of the molecule is CCSc1nc2n(n1)C(c1ccccc1OCc1ccc(Cl)cc1)C1=C(CC(C)(C)CC1=O)N2. The van der Waals surface area contributed by atoms with E-state index in [2.05, 4.69) is 26.1 Å². The molecule has 1 aromatic heterocycles. The molecule has 34 heavy (non-hydrogen) atoms. The number of benzene rings is 2. The van der Waals surface area contributed by atoms with E-state index in [1.54, 1.807) is 11.8 Å². The summed E-state index contributed by atoms with van der Waals surface area (Å²) in [5.74, 6) is 2.40. The maximum absolute atomic E-state index is 13.5. The van der Waals surface area contributed by atoms with E-state index in [4.69, 9.17) is 26.4 Å². The van der Waals surface area contributed by atoms with Gasteiger partial charge in [0.1, 0.15) is 18.4 Å². The van der Waals surface area contributed by atoms with E-state index in [1.807, 2.05) is 53.2 Å². The minimum Gasteiger partial charge on any atom is -0.489 e. The number of carbonyl (C=O) groups is 1. The van der Waals surface area contributed by atoms with E-state index in [0.717, 1.165) is 40.3 Å². The first-order chi connectivity index (χ1) is 16.3. The molecule has 1 N–H and O–H groups in total. The second-order valence-corrected chi connectivity index (χ2v) is 11.1. The molecule has 2 aromatic carbocycles. The second-order valence-electron chi connectivity index (χ2n) is 9.41. The number of rotatable bonds is 6. The third kappa shape index (κ3) is 4.46. The molecule has 3 aromatic rings. The molecule has 2 heterocycles. The molecule has 1 unspecified atom stereocenters. The largest absolute Gasteiger partial charge is 0.489 e. The third-order valence-corrected chi connectivity index (χ3v) is 7.08. The zero-order valence-electron chi connectivity index (χ0n) is 19.5. The van der Waals surface area contributed by atoms with Gasteiger partial charge in [0.2, 0.25) is 11.1 Å². The number of anilines is 1. The van der Waals surface area contributed by atoms with Gasteiger partial charge in [0.15, 0.2) is 5.78 Å². The standard InChI is InChI=1S/C26H27ClN4O2S/c1-4-34-25-29-24-28-19-13-26(2,3)14-20(32)22(19)23(31(24)30-25)18-7-5-6-8-21(18)33-15-16-9-11-17(27)12-10-16/h5-12,23H,4,13-15H2,1-3H3,(H,28,29,30). The van der Waals surface area contributed by atoms with E-state index in [-0.39, 0.29) is 11.2 Å². The van der Waals surface area contributed by atoms with Crippen molar-refractivity contribution in [1.29, 1.82) is 0 Å². The van der Waals surface area contributed by atoms with Crippen LogP contribution in [0, 0.1) is 5.41 Å². The number of carbonyl (C=O) groups excluding carboxylic acids is 1. The lowest BCUT2D eigenvalue weighted by molar-refractivity contribution is -0.118. The van der Waals surface area contributed by atoms with Crippen molar-refractivity contribution in [2.75, 3.05) is 11.1 Å². The molecule has 0 radical (unpaired) electrons. The summed E-state index contributed by atoms with van der Waals surface area (Å²) < 4.78 is 8.12. The molecule has 6 nitrogen and oxygen atoms in total. The highest BCUT2D eigenvalue weighted by Gasteiger charge is 2.42. The fourth-order valence-corrected chi connectivity index (χ4v) is 5.33. The van der Waals surface area contributed by atoms with Crippen molar-refractivity contribution >= 4 is 35.1 Å². The van der Waals surface area contributed by atoms with Gasteiger partial charge < -0.3 is 10.1 Å². The van der Waals surface area contributed by atoms with Crippen LogP contribution in [0.25, 0.3) is 0 Å². The smallest absolute Gasteiger partial charge is 0.227 e. The Morgan fingerprint density at radius 2 is 1.94 bits per heavy atom. The summed E-state index contributed by atoms with van der Waals surface area (Å²) in [6.07, 6.45) is 1.28. The van der Waals surface area contributed by atoms with Gasteiger partial charge >= 0.3 is 0 Å². The van der Waals surface area contributed by atoms with Gasteiger partial charge in [-0.15, -0.1) is 5.10 Å². The molecule has 1 atom stereocenters. The Hall–Kier alpha value is -2.77. The van der Waals surface area contributed by atoms with Crippen LogP contribution in [-0.2, 0) is 11.4 Å². The lowest BCUT2D eigenvalue weighted by Gasteiger charge is -2.38. The summed E-state index contributed by atoms with van der Waals surface area (Å²) in [4.78, 5) is 18.2. The molecule has 0 bridgehead atoms. The van der Waals surface area contributed by atoms with Crippen molar-refractivity contribution in [2.24, 2.45) is 5.41 Å². The number of thioether (sulfide) groups is 1. The zero-order chi connectivity index (χ0) is 23.9. The molecule has 5 rings (SSSR count). The third-order valence-electron chi connectivity index (χ3n) is 6.11. The predicted molar refractivity (Wildman–Crippen MR) is 135 cm³/mol. The van der Waals surface area contributed by atoms with Crippen LogP contribution in [0.3, 0.4) is 0 Å². The van der Waals surface area contributed by atoms with Gasteiger partial charge in [-0.3, -0.25) is 4.79 Å². The number of allylic oxidation sites excluding steroid dienone is 2. The van der Waals surface area contributed by atoms with Gasteiger partial charge in [-0.25, -0.2) is 4.68 Å². The van der Waals surface area contributed by atoms with E-state index in [1.165, 1.54) is 0 Å². The van der Waals surface area contributed by atoms with Crippen molar-refractivity contribution < 1.29 is 9.53 Å². The number of ketones is 1. The summed E-state index contributed by atoms with van der Waals surface area (Å²) in [6.45, 7) is 6.73. The van der Waals surface area contributed by atoms with Gasteiger partial charge in [-0.1, -0.05) is 74.5 Å². The number of fused-ring (bicyclic) bond motifs is 1. The highest BCUT2D eigenvalue weighted by Crippen LogP contribution is 2.47. The van der Waals surface area contributed by atoms with Crippen LogP contribution >= 0.6 is 23.4 Å². The lowest BCUT2D eigenvalue weighted by Crippen LogP contribution is -2.36. The summed E-state index contributed by atoms with van der Waals surface area (Å²) in [6, 6.07) is 15.1. The first-order valence-corrected chi connectivity index (χ1v) is 12.8. The van der Waals surface area contributed by atoms with Crippen molar-refractivity contribution in [2.45, 2.75) is 51.4 Å². The lowest BCUT2D eigenvalue weighted by atomic mass is 9.73. The minimum absolute atomic E-state index is 0.110. The van der Waals surface area contributed by atoms with Crippen molar-refractivity contribution in [3.63, 3.8) is 0 Å². The average molecular weight is 495 g/mol. The Kier molecular flexibility index (Phi) is 6.16. The van der Waals surface area contributed by atoms with Crippen molar-refractivity contribution in [3.8, 4) is 5.75 Å². The average Bonchev–Trinajstić information content (AvgIpc) is 3.19. The van der Waals surface area contributed by atoms with Crippen LogP contribution < -0.4 is 10.1 Å². The maximum atomic E-state index is 13.5. The van der Waals surface area contributed by atoms with E-state index >= 15 is 0 Å². The fourth-order valence-electron chi connectivity index (χ4n) is 4.65. The Labute approximate surface area is 208 Å². The molecule has 0 saturated heterocycles. The molecule has 176 valence electrons. The molecular formula is C26H27ClN4O2S. The van der Waals surface area contributed by atoms with E-state index in [0.29, 0.717) is 29.2 Å². The van der Waals surface area contributed by atoms with Gasteiger partial charge in [0.05, 0.1) is 0 Å². The van der Waals surface area contributed by atoms with Crippen molar-refractivity contribution in [1.82, 2.24) is 14.8 Å². The molecule has 1 aliphatic carbocycles. The summed E-state index contributed by atoms with van der Waals surface area (Å²) in [7, 11) is 0. The number of ether oxygens (including phenoxy) is 1. The summed E-state index contributed by atoms with van der Waals surface area (Å²) in [5, 5.41) is 9.59. The quantitative estimate of drug-likeness (QED) is 0.406. The van der Waals surface area contributed by atoms with Crippen LogP contribution in [-0.4, -0.2) is 26.3 Å². The van der Waals surface area contributed by atoms with Crippen LogP contribution in [0.5, 0.6) is 5.75 Å². The molecule has 0 fully saturated rings. The second kappa shape index (κ2) is 9.12. The molecule has 8 heteroatoms. The number of halogens is 1. The Balaban J connectivity index is 1.58. The van der Waals surface area contributed by atoms with Gasteiger partial charge in [-0.05, 0) is 41.4 Å². The zero-order valence-corrected chi connectivity index (χ0v) is 21.0. The van der Waals surface area contributed by atoms with Crippen LogP contribution in [0.15, 0.2) is 65.0 Å². The number of para-hydroxylation sites is 1. The van der Waals surface area contributed by atoms with Crippen LogP contribution in [0.2, 0.25) is 5.02 Å². The monoisotopic (exact) mass is 494 g/mol. The molecule has 1 aliphatic heterocycles. The first-order valence-electron chi connectivity index (χ1n) is 11.4. The molecule has 0 amide bonds. The Morgan fingerprint density at radius 1 is 1.18 bits per heavy atom. The first kappa shape index (κ1) is 23.0. The molecule has 0 saturated carbocycles. The highest BCUT2D eigenvalue weighted by molar-refractivity contribution is 7.99. The maximum Gasteiger partial charge on any atom is 0.227 e. The topological polar surface area (TPSA) is 69.0 Å². The fraction of sp³-hybridized carbons (Fsp3) is 0.346. The van der Waals surface area contributed by atoms with Crippen LogP contribution in [0.4, 0.5) is 5.95 Å². The van der Waals surface area contributed by atoms with Crippen molar-refractivity contribution in [3.05, 3.63) is 76.0 Å². The van der Waals surface area contributed by atoms with Gasteiger partial charge in [0.25, 0.3) is 0 Å². The number of nitrogens with one attached hydrogen (secondary N) is 1. The number of hydrogen-bond acceptors (Lipinski definition) is 6. The van der Waals surface area contributed by atoms with Crippen LogP contribution in [0.1, 0.15) is 50.8 Å². The number of hydrogen-bond donors (Lipinski definition) is 1. The van der Waals surface area contributed by atoms with Gasteiger partial charge in [0, 0.05) is 28.3 Å². The Bertz CT molecular complexity index is 1270. The highest BCUT2D eigenvalue weighted by atomic mass is 35.5.